The lowest BCUT2D eigenvalue weighted by atomic mass is 9.64. The van der Waals surface area contributed by atoms with Crippen molar-refractivity contribution in [3.05, 3.63) is 99.8 Å². The maximum Gasteiger partial charge on any atom is 0.337 e. The average Bonchev–Trinajstić information content (AvgIpc) is 3.21. The van der Waals surface area contributed by atoms with Gasteiger partial charge in [-0.05, 0) is 30.2 Å². The topological polar surface area (TPSA) is 72.5 Å². The van der Waals surface area contributed by atoms with Crippen molar-refractivity contribution in [2.24, 2.45) is 0 Å². The van der Waals surface area contributed by atoms with Crippen LogP contribution in [0.3, 0.4) is 0 Å². The third-order valence-corrected chi connectivity index (χ3v) is 6.73. The highest BCUT2D eigenvalue weighted by Crippen LogP contribution is 2.57. The summed E-state index contributed by atoms with van der Waals surface area (Å²) < 4.78 is 5.42. The van der Waals surface area contributed by atoms with Crippen LogP contribution in [0.25, 0.3) is 16.5 Å². The smallest absolute Gasteiger partial charge is 0.337 e. The molecule has 5 nitrogen and oxygen atoms in total. The number of ketones is 2. The first-order chi connectivity index (χ1) is 15.5. The highest BCUT2D eigenvalue weighted by Gasteiger charge is 2.61. The Bertz CT molecular complexity index is 1470. The first-order valence-electron chi connectivity index (χ1n) is 10.6. The molecular formula is C27H19NO4. The number of rotatable bonds is 2. The van der Waals surface area contributed by atoms with Gasteiger partial charge in [0.15, 0.2) is 11.6 Å². The molecule has 1 aliphatic heterocycles. The number of dihydropyridines is 1. The van der Waals surface area contributed by atoms with Gasteiger partial charge in [0.1, 0.15) is 5.41 Å². The molecule has 2 aliphatic carbocycles. The summed E-state index contributed by atoms with van der Waals surface area (Å²) in [6.07, 6.45) is 0. The summed E-state index contributed by atoms with van der Waals surface area (Å²) in [5.41, 5.74) is 2.51. The van der Waals surface area contributed by atoms with Crippen LogP contribution in [0.2, 0.25) is 0 Å². The molecule has 0 amide bonds. The van der Waals surface area contributed by atoms with Gasteiger partial charge < -0.3 is 10.1 Å². The third-order valence-electron chi connectivity index (χ3n) is 6.73. The van der Waals surface area contributed by atoms with Gasteiger partial charge in [0, 0.05) is 28.0 Å². The number of hydrogen-bond donors (Lipinski definition) is 1. The third kappa shape index (κ3) is 2.01. The lowest BCUT2D eigenvalue weighted by Gasteiger charge is -2.37. The SMILES string of the molecule is CCOC(=O)C1=C(C)NC2=C(C(=O)c3ccccc32)C12C(=O)c1cccc3cccc2c13. The Morgan fingerprint density at radius 2 is 1.62 bits per heavy atom. The van der Waals surface area contributed by atoms with Gasteiger partial charge in [-0.25, -0.2) is 4.79 Å². The molecule has 0 aromatic heterocycles. The van der Waals surface area contributed by atoms with E-state index in [0.717, 1.165) is 16.3 Å². The minimum atomic E-state index is -1.55. The van der Waals surface area contributed by atoms with Crippen molar-refractivity contribution >= 4 is 34.0 Å². The van der Waals surface area contributed by atoms with Gasteiger partial charge in [-0.15, -0.1) is 0 Å². The van der Waals surface area contributed by atoms with E-state index in [1.807, 2.05) is 42.5 Å². The summed E-state index contributed by atoms with van der Waals surface area (Å²) in [6.45, 7) is 3.65. The van der Waals surface area contributed by atoms with Crippen LogP contribution in [0, 0.1) is 0 Å². The average molecular weight is 421 g/mol. The predicted molar refractivity (Wildman–Crippen MR) is 120 cm³/mol. The van der Waals surface area contributed by atoms with Crippen LogP contribution in [-0.2, 0) is 14.9 Å². The molecule has 3 aromatic carbocycles. The molecule has 3 aromatic rings. The molecule has 1 atom stereocenters. The molecule has 1 heterocycles. The number of benzene rings is 3. The number of hydrogen-bond acceptors (Lipinski definition) is 5. The molecule has 0 radical (unpaired) electrons. The van der Waals surface area contributed by atoms with Gasteiger partial charge in [-0.1, -0.05) is 60.7 Å². The first kappa shape index (κ1) is 18.8. The zero-order valence-corrected chi connectivity index (χ0v) is 17.6. The number of fused-ring (bicyclic) bond motifs is 4. The van der Waals surface area contributed by atoms with E-state index in [9.17, 15) is 14.4 Å². The second kappa shape index (κ2) is 6.26. The lowest BCUT2D eigenvalue weighted by molar-refractivity contribution is -0.139. The highest BCUT2D eigenvalue weighted by molar-refractivity contribution is 6.35. The number of Topliss-reactive ketones (excluding diaryl/α,β-unsaturated/α-hetero) is 2. The summed E-state index contributed by atoms with van der Waals surface area (Å²) in [6, 6.07) is 18.5. The number of esters is 1. The Hall–Kier alpha value is -3.99. The zero-order valence-electron chi connectivity index (χ0n) is 17.6. The summed E-state index contributed by atoms with van der Waals surface area (Å²) in [5, 5.41) is 4.95. The molecule has 0 bridgehead atoms. The van der Waals surface area contributed by atoms with Gasteiger partial charge in [0.25, 0.3) is 0 Å². The Morgan fingerprint density at radius 1 is 0.938 bits per heavy atom. The van der Waals surface area contributed by atoms with E-state index in [2.05, 4.69) is 5.32 Å². The fourth-order valence-electron chi connectivity index (χ4n) is 5.60. The Kier molecular flexibility index (Phi) is 3.67. The number of carbonyl (C=O) groups is 3. The number of nitrogens with one attached hydrogen (secondary N) is 1. The van der Waals surface area contributed by atoms with E-state index < -0.39 is 11.4 Å². The lowest BCUT2D eigenvalue weighted by Crippen LogP contribution is -2.47. The fourth-order valence-corrected chi connectivity index (χ4v) is 5.60. The quantitative estimate of drug-likeness (QED) is 0.624. The van der Waals surface area contributed by atoms with Gasteiger partial charge in [0.05, 0.1) is 17.9 Å². The van der Waals surface area contributed by atoms with Gasteiger partial charge in [-0.3, -0.25) is 9.59 Å². The van der Waals surface area contributed by atoms with E-state index >= 15 is 0 Å². The molecule has 32 heavy (non-hydrogen) atoms. The minimum absolute atomic E-state index is 0.164. The first-order valence-corrected chi connectivity index (χ1v) is 10.6. The highest BCUT2D eigenvalue weighted by atomic mass is 16.5. The standard InChI is InChI=1S/C27H19NO4/c1-3-32-26(31)21-14(2)28-23-16-10-4-5-11-17(16)24(29)22(23)27(21)19-13-7-9-15-8-6-12-18(20(15)19)25(27)30/h4-13,28H,3H2,1-2H3. The van der Waals surface area contributed by atoms with Crippen LogP contribution in [0.4, 0.5) is 0 Å². The molecule has 0 saturated carbocycles. The minimum Gasteiger partial charge on any atom is -0.463 e. The zero-order chi connectivity index (χ0) is 22.2. The van der Waals surface area contributed by atoms with Crippen LogP contribution in [-0.4, -0.2) is 24.1 Å². The van der Waals surface area contributed by atoms with Crippen LogP contribution in [0.5, 0.6) is 0 Å². The maximum absolute atomic E-state index is 14.3. The van der Waals surface area contributed by atoms with E-state index in [1.54, 1.807) is 32.0 Å². The largest absolute Gasteiger partial charge is 0.463 e. The van der Waals surface area contributed by atoms with Crippen molar-refractivity contribution in [1.82, 2.24) is 5.32 Å². The van der Waals surface area contributed by atoms with E-state index in [0.29, 0.717) is 33.7 Å². The van der Waals surface area contributed by atoms with Crippen LogP contribution in [0.1, 0.15) is 45.7 Å². The normalized spacial score (nSPS) is 20.7. The van der Waals surface area contributed by atoms with Crippen molar-refractivity contribution in [2.75, 3.05) is 6.61 Å². The van der Waals surface area contributed by atoms with Crippen molar-refractivity contribution in [1.29, 1.82) is 0 Å². The molecule has 5 heteroatoms. The molecule has 1 spiro atoms. The van der Waals surface area contributed by atoms with Crippen LogP contribution >= 0.6 is 0 Å². The maximum atomic E-state index is 14.3. The van der Waals surface area contributed by atoms with Crippen molar-refractivity contribution < 1.29 is 19.1 Å². The van der Waals surface area contributed by atoms with Crippen molar-refractivity contribution in [3.63, 3.8) is 0 Å². The van der Waals surface area contributed by atoms with Crippen molar-refractivity contribution in [2.45, 2.75) is 19.3 Å². The Labute approximate surface area is 184 Å². The van der Waals surface area contributed by atoms with Gasteiger partial charge >= 0.3 is 5.97 Å². The van der Waals surface area contributed by atoms with E-state index in [-0.39, 0.29) is 23.7 Å². The number of ether oxygens (including phenoxy) is 1. The second-order valence-electron chi connectivity index (χ2n) is 8.26. The van der Waals surface area contributed by atoms with Crippen LogP contribution in [0.15, 0.2) is 77.5 Å². The predicted octanol–water partition coefficient (Wildman–Crippen LogP) is 4.32. The molecule has 0 fully saturated rings. The Balaban J connectivity index is 1.77. The van der Waals surface area contributed by atoms with E-state index in [1.165, 1.54) is 0 Å². The summed E-state index contributed by atoms with van der Waals surface area (Å²) in [4.78, 5) is 41.5. The summed E-state index contributed by atoms with van der Waals surface area (Å²) in [7, 11) is 0. The fraction of sp³-hybridized carbons (Fsp3) is 0.148. The van der Waals surface area contributed by atoms with Gasteiger partial charge in [-0.2, -0.15) is 0 Å². The summed E-state index contributed by atoms with van der Waals surface area (Å²) >= 11 is 0. The van der Waals surface area contributed by atoms with E-state index in [4.69, 9.17) is 4.74 Å². The molecule has 3 aliphatic rings. The second-order valence-corrected chi connectivity index (χ2v) is 8.26. The molecule has 156 valence electrons. The molecule has 6 rings (SSSR count). The molecule has 0 saturated heterocycles. The van der Waals surface area contributed by atoms with Gasteiger partial charge in [0.2, 0.25) is 0 Å². The number of carbonyl (C=O) groups excluding carboxylic acids is 3. The number of allylic oxidation sites excluding steroid dienone is 2. The monoisotopic (exact) mass is 421 g/mol. The molecular weight excluding hydrogens is 402 g/mol. The molecule has 1 N–H and O–H groups in total. The van der Waals surface area contributed by atoms with Crippen LogP contribution < -0.4 is 5.32 Å². The van der Waals surface area contributed by atoms with Crippen molar-refractivity contribution in [3.8, 4) is 0 Å². The summed E-state index contributed by atoms with van der Waals surface area (Å²) in [5.74, 6) is -1.09. The Morgan fingerprint density at radius 3 is 2.38 bits per heavy atom. The molecule has 1 unspecified atom stereocenters.